The molecular formula is C18H26N4OS. The Bertz CT molecular complexity index is 703. The summed E-state index contributed by atoms with van der Waals surface area (Å²) in [6.07, 6.45) is 0. The van der Waals surface area contributed by atoms with Crippen LogP contribution in [0.3, 0.4) is 0 Å². The number of benzene rings is 1. The number of H-pyrrole nitrogens is 1. The first-order chi connectivity index (χ1) is 11.2. The molecule has 2 N–H and O–H groups in total. The van der Waals surface area contributed by atoms with Gasteiger partial charge in [0.1, 0.15) is 5.82 Å². The Labute approximate surface area is 148 Å². The molecule has 1 aromatic heterocycles. The van der Waals surface area contributed by atoms with Crippen molar-refractivity contribution in [2.75, 3.05) is 5.32 Å². The summed E-state index contributed by atoms with van der Waals surface area (Å²) in [4.78, 5) is 17.0. The number of para-hydroxylation sites is 1. The van der Waals surface area contributed by atoms with Crippen LogP contribution in [-0.2, 0) is 10.2 Å². The first kappa shape index (κ1) is 18.5. The highest BCUT2D eigenvalue weighted by Crippen LogP contribution is 2.27. The van der Waals surface area contributed by atoms with Crippen LogP contribution in [-0.4, -0.2) is 26.3 Å². The molecular weight excluding hydrogens is 320 g/mol. The number of amides is 1. The van der Waals surface area contributed by atoms with E-state index in [0.717, 1.165) is 17.1 Å². The number of carbonyl (C=O) groups excluding carboxylic acids is 1. The fourth-order valence-electron chi connectivity index (χ4n) is 2.19. The van der Waals surface area contributed by atoms with Gasteiger partial charge in [0.05, 0.1) is 5.25 Å². The van der Waals surface area contributed by atoms with Gasteiger partial charge in [0.15, 0.2) is 0 Å². The highest BCUT2D eigenvalue weighted by molar-refractivity contribution is 8.00. The average Bonchev–Trinajstić information content (AvgIpc) is 2.96. The highest BCUT2D eigenvalue weighted by Gasteiger charge is 2.22. The van der Waals surface area contributed by atoms with Crippen LogP contribution < -0.4 is 5.32 Å². The van der Waals surface area contributed by atoms with Crippen LogP contribution in [0.2, 0.25) is 0 Å². The molecule has 0 bridgehead atoms. The maximum atomic E-state index is 12.5. The number of rotatable bonds is 5. The lowest BCUT2D eigenvalue weighted by molar-refractivity contribution is -0.115. The summed E-state index contributed by atoms with van der Waals surface area (Å²) in [5.74, 6) is 1.13. The number of carbonyl (C=O) groups is 1. The second-order valence-corrected chi connectivity index (χ2v) is 8.52. The molecule has 0 unspecified atom stereocenters. The molecule has 0 saturated heterocycles. The second-order valence-electron chi connectivity index (χ2n) is 7.21. The van der Waals surface area contributed by atoms with Crippen LogP contribution in [0.5, 0.6) is 0 Å². The fourth-order valence-corrected chi connectivity index (χ4v) is 2.92. The highest BCUT2D eigenvalue weighted by atomic mass is 32.2. The molecule has 2 aromatic rings. The summed E-state index contributed by atoms with van der Waals surface area (Å²) in [5, 5.41) is 10.5. The smallest absolute Gasteiger partial charge is 0.237 e. The number of anilines is 1. The third-order valence-corrected chi connectivity index (χ3v) is 4.63. The van der Waals surface area contributed by atoms with E-state index in [9.17, 15) is 4.79 Å². The average molecular weight is 347 g/mol. The van der Waals surface area contributed by atoms with Gasteiger partial charge in [0, 0.05) is 11.1 Å². The quantitative estimate of drug-likeness (QED) is 0.790. The van der Waals surface area contributed by atoms with E-state index >= 15 is 0 Å². The number of aromatic nitrogens is 3. The van der Waals surface area contributed by atoms with Crippen molar-refractivity contribution in [2.24, 2.45) is 0 Å². The molecule has 130 valence electrons. The van der Waals surface area contributed by atoms with Gasteiger partial charge < -0.3 is 5.32 Å². The Morgan fingerprint density at radius 1 is 1.21 bits per heavy atom. The summed E-state index contributed by atoms with van der Waals surface area (Å²) in [5.41, 5.74) is 1.92. The first-order valence-electron chi connectivity index (χ1n) is 8.18. The largest absolute Gasteiger partial charge is 0.325 e. The van der Waals surface area contributed by atoms with Crippen molar-refractivity contribution in [3.63, 3.8) is 0 Å². The lowest BCUT2D eigenvalue weighted by Crippen LogP contribution is -2.23. The normalized spacial score (nSPS) is 13.1. The van der Waals surface area contributed by atoms with E-state index in [1.54, 1.807) is 0 Å². The van der Waals surface area contributed by atoms with Gasteiger partial charge >= 0.3 is 0 Å². The zero-order chi connectivity index (χ0) is 17.9. The van der Waals surface area contributed by atoms with Crippen LogP contribution in [0.4, 0.5) is 5.69 Å². The van der Waals surface area contributed by atoms with Gasteiger partial charge in [-0.2, -0.15) is 0 Å². The summed E-state index contributed by atoms with van der Waals surface area (Å²) in [6.45, 7) is 12.3. The van der Waals surface area contributed by atoms with Crippen molar-refractivity contribution >= 4 is 23.4 Å². The fraction of sp³-hybridized carbons (Fsp3) is 0.500. The lowest BCUT2D eigenvalue weighted by atomic mass is 9.96. The van der Waals surface area contributed by atoms with Crippen molar-refractivity contribution < 1.29 is 4.79 Å². The minimum Gasteiger partial charge on any atom is -0.325 e. The van der Waals surface area contributed by atoms with Crippen LogP contribution in [0.15, 0.2) is 29.4 Å². The topological polar surface area (TPSA) is 70.7 Å². The zero-order valence-corrected chi connectivity index (χ0v) is 16.0. The van der Waals surface area contributed by atoms with Crippen molar-refractivity contribution in [3.8, 4) is 0 Å². The van der Waals surface area contributed by atoms with Crippen LogP contribution in [0.25, 0.3) is 0 Å². The summed E-state index contributed by atoms with van der Waals surface area (Å²) >= 11 is 1.36. The molecule has 0 radical (unpaired) electrons. The van der Waals surface area contributed by atoms with E-state index in [0.29, 0.717) is 11.1 Å². The number of hydrogen-bond donors (Lipinski definition) is 2. The maximum absolute atomic E-state index is 12.5. The van der Waals surface area contributed by atoms with Gasteiger partial charge in [-0.15, -0.1) is 5.10 Å². The minimum absolute atomic E-state index is 0.0461. The molecule has 0 spiro atoms. The van der Waals surface area contributed by atoms with E-state index < -0.39 is 0 Å². The van der Waals surface area contributed by atoms with Crippen molar-refractivity contribution in [3.05, 3.63) is 35.7 Å². The van der Waals surface area contributed by atoms with E-state index in [1.165, 1.54) is 11.8 Å². The molecule has 0 aliphatic rings. The molecule has 0 saturated carbocycles. The summed E-state index contributed by atoms with van der Waals surface area (Å²) < 4.78 is 0. The van der Waals surface area contributed by atoms with Crippen molar-refractivity contribution in [2.45, 2.75) is 63.3 Å². The summed E-state index contributed by atoms with van der Waals surface area (Å²) in [7, 11) is 0. The molecule has 1 amide bonds. The molecule has 0 fully saturated rings. The standard InChI is InChI=1S/C18H26N4OS/c1-11(2)13-9-7-8-10-14(13)19-15(23)12(3)24-17-20-16(21-22-17)18(4,5)6/h7-12H,1-6H3,(H,19,23)(H,20,21,22)/t12-/m0/s1. The Kier molecular flexibility index (Phi) is 5.70. The van der Waals surface area contributed by atoms with Gasteiger partial charge in [-0.05, 0) is 24.5 Å². The van der Waals surface area contributed by atoms with Gasteiger partial charge in [-0.3, -0.25) is 9.89 Å². The molecule has 5 nitrogen and oxygen atoms in total. The van der Waals surface area contributed by atoms with Crippen molar-refractivity contribution in [1.29, 1.82) is 0 Å². The van der Waals surface area contributed by atoms with Crippen LogP contribution >= 0.6 is 11.8 Å². The Morgan fingerprint density at radius 2 is 1.88 bits per heavy atom. The molecule has 24 heavy (non-hydrogen) atoms. The zero-order valence-electron chi connectivity index (χ0n) is 15.2. The van der Waals surface area contributed by atoms with Gasteiger partial charge in [0.25, 0.3) is 0 Å². The number of nitrogens with zero attached hydrogens (tertiary/aromatic N) is 2. The molecule has 1 atom stereocenters. The predicted octanol–water partition coefficient (Wildman–Crippen LogP) is 4.34. The second kappa shape index (κ2) is 7.38. The Balaban J connectivity index is 2.04. The number of aromatic amines is 1. The third-order valence-electron chi connectivity index (χ3n) is 3.67. The maximum Gasteiger partial charge on any atom is 0.237 e. The lowest BCUT2D eigenvalue weighted by Gasteiger charge is -2.15. The molecule has 0 aliphatic carbocycles. The monoisotopic (exact) mass is 346 g/mol. The van der Waals surface area contributed by atoms with E-state index in [-0.39, 0.29) is 16.6 Å². The van der Waals surface area contributed by atoms with Crippen molar-refractivity contribution in [1.82, 2.24) is 15.2 Å². The number of nitrogens with one attached hydrogen (secondary N) is 2. The molecule has 6 heteroatoms. The van der Waals surface area contributed by atoms with Gasteiger partial charge in [0.2, 0.25) is 11.1 Å². The number of hydrogen-bond acceptors (Lipinski definition) is 4. The molecule has 1 aromatic carbocycles. The predicted molar refractivity (Wildman–Crippen MR) is 99.6 cm³/mol. The third kappa shape index (κ3) is 4.60. The van der Waals surface area contributed by atoms with E-state index in [1.807, 2.05) is 31.2 Å². The summed E-state index contributed by atoms with van der Waals surface area (Å²) in [6, 6.07) is 7.91. The Morgan fingerprint density at radius 3 is 2.46 bits per heavy atom. The van der Waals surface area contributed by atoms with Gasteiger partial charge in [-0.1, -0.05) is 64.6 Å². The molecule has 0 aliphatic heterocycles. The van der Waals surface area contributed by atoms with Crippen LogP contribution in [0, 0.1) is 0 Å². The first-order valence-corrected chi connectivity index (χ1v) is 9.05. The van der Waals surface area contributed by atoms with Gasteiger partial charge in [-0.25, -0.2) is 4.98 Å². The van der Waals surface area contributed by atoms with Crippen LogP contribution in [0.1, 0.15) is 58.8 Å². The number of thioether (sulfide) groups is 1. The molecule has 1 heterocycles. The molecule has 2 rings (SSSR count). The Hall–Kier alpha value is -1.82. The minimum atomic E-state index is -0.283. The SMILES string of the molecule is CC(C)c1ccccc1NC(=O)[C@H](C)Sc1n[nH]c(C(C)(C)C)n1. The van der Waals surface area contributed by atoms with E-state index in [2.05, 4.69) is 55.1 Å². The van der Waals surface area contributed by atoms with E-state index in [4.69, 9.17) is 0 Å².